The summed E-state index contributed by atoms with van der Waals surface area (Å²) in [5, 5.41) is 3.03. The van der Waals surface area contributed by atoms with Crippen LogP contribution < -0.4 is 10.1 Å². The third-order valence-electron chi connectivity index (χ3n) is 4.02. The summed E-state index contributed by atoms with van der Waals surface area (Å²) in [4.78, 5) is 12.7. The van der Waals surface area contributed by atoms with Gasteiger partial charge in [0.25, 0.3) is 5.91 Å². The first kappa shape index (κ1) is 16.8. The normalized spacial score (nSPS) is 11.6. The Kier molecular flexibility index (Phi) is 5.47. The predicted molar refractivity (Wildman–Crippen MR) is 99.5 cm³/mol. The molecule has 0 aliphatic rings. The molecule has 1 amide bonds. The lowest BCUT2D eigenvalue weighted by molar-refractivity contribution is 0.0935. The fourth-order valence-electron chi connectivity index (χ4n) is 2.61. The third-order valence-corrected chi connectivity index (χ3v) is 4.02. The summed E-state index contributed by atoms with van der Waals surface area (Å²) in [6.07, 6.45) is 0. The Morgan fingerprint density at radius 3 is 2.20 bits per heavy atom. The van der Waals surface area contributed by atoms with Crippen molar-refractivity contribution >= 4 is 5.91 Å². The molecule has 3 heteroatoms. The number of carbonyl (C=O) groups excluding carboxylic acids is 1. The fourth-order valence-corrected chi connectivity index (χ4v) is 2.61. The number of benzene rings is 3. The second kappa shape index (κ2) is 8.15. The summed E-state index contributed by atoms with van der Waals surface area (Å²) in [6.45, 7) is 2.40. The van der Waals surface area contributed by atoms with Crippen molar-refractivity contribution in [3.63, 3.8) is 0 Å². The van der Waals surface area contributed by atoms with E-state index in [0.29, 0.717) is 17.9 Å². The topological polar surface area (TPSA) is 38.3 Å². The molecular weight excluding hydrogens is 310 g/mol. The van der Waals surface area contributed by atoms with Crippen molar-refractivity contribution in [2.24, 2.45) is 0 Å². The lowest BCUT2D eigenvalue weighted by atomic mass is 10.1. The van der Waals surface area contributed by atoms with Gasteiger partial charge in [-0.25, -0.2) is 0 Å². The molecule has 126 valence electrons. The van der Waals surface area contributed by atoms with E-state index in [2.05, 4.69) is 5.32 Å². The van der Waals surface area contributed by atoms with Crippen molar-refractivity contribution in [3.05, 3.63) is 102 Å². The van der Waals surface area contributed by atoms with Crippen LogP contribution in [-0.2, 0) is 6.61 Å². The van der Waals surface area contributed by atoms with Gasteiger partial charge in [0.2, 0.25) is 0 Å². The van der Waals surface area contributed by atoms with Gasteiger partial charge in [-0.05, 0) is 30.2 Å². The highest BCUT2D eigenvalue weighted by Gasteiger charge is 2.15. The van der Waals surface area contributed by atoms with Gasteiger partial charge in [-0.1, -0.05) is 72.8 Å². The second-order valence-electron chi connectivity index (χ2n) is 5.88. The van der Waals surface area contributed by atoms with Crippen LogP contribution >= 0.6 is 0 Å². The van der Waals surface area contributed by atoms with E-state index in [0.717, 1.165) is 11.1 Å². The molecule has 3 aromatic rings. The first-order chi connectivity index (χ1) is 12.2. The van der Waals surface area contributed by atoms with E-state index in [9.17, 15) is 4.79 Å². The van der Waals surface area contributed by atoms with E-state index in [-0.39, 0.29) is 11.9 Å². The summed E-state index contributed by atoms with van der Waals surface area (Å²) in [6, 6.07) is 27.1. The molecule has 0 spiro atoms. The minimum atomic E-state index is -0.139. The molecule has 3 nitrogen and oxygen atoms in total. The Labute approximate surface area is 148 Å². The quantitative estimate of drug-likeness (QED) is 0.707. The third kappa shape index (κ3) is 4.48. The van der Waals surface area contributed by atoms with Crippen molar-refractivity contribution in [2.75, 3.05) is 0 Å². The fraction of sp³-hybridized carbons (Fsp3) is 0.136. The van der Waals surface area contributed by atoms with Crippen molar-refractivity contribution < 1.29 is 9.53 Å². The van der Waals surface area contributed by atoms with Gasteiger partial charge in [0, 0.05) is 0 Å². The van der Waals surface area contributed by atoms with Crippen LogP contribution in [0.1, 0.15) is 34.5 Å². The second-order valence-corrected chi connectivity index (χ2v) is 5.88. The van der Waals surface area contributed by atoms with Crippen LogP contribution in [0.15, 0.2) is 84.9 Å². The highest BCUT2D eigenvalue weighted by atomic mass is 16.5. The Morgan fingerprint density at radius 1 is 0.880 bits per heavy atom. The van der Waals surface area contributed by atoms with Crippen LogP contribution in [0.25, 0.3) is 0 Å². The average Bonchev–Trinajstić information content (AvgIpc) is 2.68. The van der Waals surface area contributed by atoms with Crippen LogP contribution in [0.4, 0.5) is 0 Å². The minimum absolute atomic E-state index is 0.0733. The summed E-state index contributed by atoms with van der Waals surface area (Å²) in [5.41, 5.74) is 2.68. The number of hydrogen-bond donors (Lipinski definition) is 1. The zero-order valence-electron chi connectivity index (χ0n) is 14.2. The number of amides is 1. The lowest BCUT2D eigenvalue weighted by Gasteiger charge is -2.16. The van der Waals surface area contributed by atoms with Gasteiger partial charge in [0.05, 0.1) is 11.6 Å². The molecule has 0 aromatic heterocycles. The predicted octanol–water partition coefficient (Wildman–Crippen LogP) is 4.76. The summed E-state index contributed by atoms with van der Waals surface area (Å²) in [5.74, 6) is 0.448. The van der Waals surface area contributed by atoms with Crippen LogP contribution in [0, 0.1) is 0 Å². The molecule has 0 heterocycles. The molecule has 0 radical (unpaired) electrons. The van der Waals surface area contributed by atoms with E-state index in [1.54, 1.807) is 6.07 Å². The highest BCUT2D eigenvalue weighted by molar-refractivity contribution is 5.97. The maximum atomic E-state index is 12.7. The molecule has 3 rings (SSSR count). The zero-order chi connectivity index (χ0) is 17.5. The molecule has 1 atom stereocenters. The molecule has 1 N–H and O–H groups in total. The standard InChI is InChI=1S/C22H21NO2/c1-17(19-12-6-3-7-13-19)23-22(24)20-14-8-9-15-21(20)25-16-18-10-4-2-5-11-18/h2-15,17H,16H2,1H3,(H,23,24)/t17-/m1/s1. The molecular formula is C22H21NO2. The molecule has 3 aromatic carbocycles. The highest BCUT2D eigenvalue weighted by Crippen LogP contribution is 2.21. The molecule has 0 bridgehead atoms. The van der Waals surface area contributed by atoms with Gasteiger partial charge in [0.15, 0.2) is 0 Å². The van der Waals surface area contributed by atoms with Crippen LogP contribution in [-0.4, -0.2) is 5.91 Å². The number of rotatable bonds is 6. The minimum Gasteiger partial charge on any atom is -0.488 e. The number of ether oxygens (including phenoxy) is 1. The van der Waals surface area contributed by atoms with E-state index < -0.39 is 0 Å². The molecule has 25 heavy (non-hydrogen) atoms. The van der Waals surface area contributed by atoms with Gasteiger partial charge in [-0.15, -0.1) is 0 Å². The molecule has 0 aliphatic heterocycles. The lowest BCUT2D eigenvalue weighted by Crippen LogP contribution is -2.27. The van der Waals surface area contributed by atoms with Crippen molar-refractivity contribution in [1.29, 1.82) is 0 Å². The van der Waals surface area contributed by atoms with Gasteiger partial charge < -0.3 is 10.1 Å². The number of hydrogen-bond acceptors (Lipinski definition) is 2. The van der Waals surface area contributed by atoms with Crippen molar-refractivity contribution in [1.82, 2.24) is 5.32 Å². The molecule has 0 unspecified atom stereocenters. The van der Waals surface area contributed by atoms with Crippen molar-refractivity contribution in [3.8, 4) is 5.75 Å². The van der Waals surface area contributed by atoms with E-state index in [4.69, 9.17) is 4.74 Å². The number of nitrogens with one attached hydrogen (secondary N) is 1. The number of para-hydroxylation sites is 1. The van der Waals surface area contributed by atoms with Crippen LogP contribution in [0.2, 0.25) is 0 Å². The van der Waals surface area contributed by atoms with Crippen molar-refractivity contribution in [2.45, 2.75) is 19.6 Å². The Hall–Kier alpha value is -3.07. The van der Waals surface area contributed by atoms with Crippen LogP contribution in [0.3, 0.4) is 0 Å². The SMILES string of the molecule is C[C@@H](NC(=O)c1ccccc1OCc1ccccc1)c1ccccc1. The average molecular weight is 331 g/mol. The Morgan fingerprint density at radius 2 is 1.48 bits per heavy atom. The monoisotopic (exact) mass is 331 g/mol. The van der Waals surface area contributed by atoms with Gasteiger partial charge in [0.1, 0.15) is 12.4 Å². The molecule has 0 aliphatic carbocycles. The summed E-state index contributed by atoms with van der Waals surface area (Å²) in [7, 11) is 0. The van der Waals surface area contributed by atoms with E-state index in [1.807, 2.05) is 85.8 Å². The number of carbonyl (C=O) groups is 1. The smallest absolute Gasteiger partial charge is 0.255 e. The summed E-state index contributed by atoms with van der Waals surface area (Å²) < 4.78 is 5.87. The Balaban J connectivity index is 1.70. The van der Waals surface area contributed by atoms with Gasteiger partial charge in [-0.3, -0.25) is 4.79 Å². The first-order valence-electron chi connectivity index (χ1n) is 8.35. The largest absolute Gasteiger partial charge is 0.488 e. The van der Waals surface area contributed by atoms with Gasteiger partial charge in [-0.2, -0.15) is 0 Å². The first-order valence-corrected chi connectivity index (χ1v) is 8.35. The van der Waals surface area contributed by atoms with E-state index in [1.165, 1.54) is 0 Å². The Bertz CT molecular complexity index is 816. The summed E-state index contributed by atoms with van der Waals surface area (Å²) >= 11 is 0. The van der Waals surface area contributed by atoms with E-state index >= 15 is 0 Å². The molecule has 0 fully saturated rings. The maximum Gasteiger partial charge on any atom is 0.255 e. The molecule has 0 saturated heterocycles. The molecule has 0 saturated carbocycles. The van der Waals surface area contributed by atoms with Crippen LogP contribution in [0.5, 0.6) is 5.75 Å². The zero-order valence-corrected chi connectivity index (χ0v) is 14.2. The van der Waals surface area contributed by atoms with Gasteiger partial charge >= 0.3 is 0 Å². The maximum absolute atomic E-state index is 12.7.